The van der Waals surface area contributed by atoms with Crippen LogP contribution >= 0.6 is 0 Å². The summed E-state index contributed by atoms with van der Waals surface area (Å²) in [7, 11) is 0. The van der Waals surface area contributed by atoms with Gasteiger partial charge < -0.3 is 23.9 Å². The van der Waals surface area contributed by atoms with Crippen LogP contribution in [-0.4, -0.2) is 22.5 Å². The summed E-state index contributed by atoms with van der Waals surface area (Å²) in [5, 5.41) is 7.74. The van der Waals surface area contributed by atoms with Crippen LogP contribution in [0.3, 0.4) is 0 Å². The highest BCUT2D eigenvalue weighted by Gasteiger charge is 2.17. The zero-order valence-corrected chi connectivity index (χ0v) is 19.8. The van der Waals surface area contributed by atoms with Crippen molar-refractivity contribution in [2.24, 2.45) is 0 Å². The van der Waals surface area contributed by atoms with E-state index in [4.69, 9.17) is 23.7 Å². The molecule has 0 saturated carbocycles. The van der Waals surface area contributed by atoms with Crippen LogP contribution in [0.2, 0.25) is 0 Å². The number of amides is 1. The molecule has 1 aliphatic heterocycles. The Morgan fingerprint density at radius 2 is 1.70 bits per heavy atom. The molecule has 0 atom stereocenters. The van der Waals surface area contributed by atoms with Gasteiger partial charge in [-0.1, -0.05) is 48.5 Å². The predicted molar refractivity (Wildman–Crippen MR) is 136 cm³/mol. The molecule has 8 heteroatoms. The minimum Gasteiger partial charge on any atom is -0.486 e. The zero-order chi connectivity index (χ0) is 25.0. The van der Waals surface area contributed by atoms with Gasteiger partial charge in [-0.25, -0.2) is 4.68 Å². The Morgan fingerprint density at radius 1 is 0.919 bits per heavy atom. The molecule has 3 heterocycles. The first-order valence-corrected chi connectivity index (χ1v) is 11.8. The molecule has 0 fully saturated rings. The van der Waals surface area contributed by atoms with E-state index in [1.165, 1.54) is 0 Å². The molecule has 37 heavy (non-hydrogen) atoms. The second kappa shape index (κ2) is 9.94. The standard InChI is InChI=1S/C29H23N3O5/c33-29(26-14-12-24(37-26)18-34-23-11-13-25-27(15-23)36-19-35-25)30-16-21-17-32(22-9-5-2-6-10-22)31-28(21)20-7-3-1-4-8-20/h1-15,17H,16,18-19H2,(H,30,33). The number of benzene rings is 3. The van der Waals surface area contributed by atoms with Crippen LogP contribution in [0.25, 0.3) is 16.9 Å². The topological polar surface area (TPSA) is 87.8 Å². The second-order valence-electron chi connectivity index (χ2n) is 8.40. The highest BCUT2D eigenvalue weighted by Crippen LogP contribution is 2.35. The van der Waals surface area contributed by atoms with Gasteiger partial charge in [0, 0.05) is 29.9 Å². The van der Waals surface area contributed by atoms with Crippen molar-refractivity contribution in [1.82, 2.24) is 15.1 Å². The number of hydrogen-bond donors (Lipinski definition) is 1. The average molecular weight is 494 g/mol. The van der Waals surface area contributed by atoms with Crippen LogP contribution in [-0.2, 0) is 13.2 Å². The number of hydrogen-bond acceptors (Lipinski definition) is 6. The Labute approximate surface area is 213 Å². The predicted octanol–water partition coefficient (Wildman–Crippen LogP) is 5.37. The minimum absolute atomic E-state index is 0.176. The Hall–Kier alpha value is -4.98. The maximum atomic E-state index is 12.9. The van der Waals surface area contributed by atoms with Crippen LogP contribution in [0.5, 0.6) is 17.2 Å². The highest BCUT2D eigenvalue weighted by molar-refractivity contribution is 5.91. The summed E-state index contributed by atoms with van der Waals surface area (Å²) in [6.45, 7) is 0.671. The number of nitrogens with one attached hydrogen (secondary N) is 1. The normalized spacial score (nSPS) is 11.9. The second-order valence-corrected chi connectivity index (χ2v) is 8.40. The smallest absolute Gasteiger partial charge is 0.287 e. The molecule has 1 amide bonds. The number of ether oxygens (including phenoxy) is 3. The van der Waals surface area contributed by atoms with E-state index in [0.29, 0.717) is 29.6 Å². The molecule has 0 bridgehead atoms. The molecule has 1 N–H and O–H groups in total. The van der Waals surface area contributed by atoms with Crippen molar-refractivity contribution in [2.45, 2.75) is 13.2 Å². The van der Waals surface area contributed by atoms with E-state index >= 15 is 0 Å². The van der Waals surface area contributed by atoms with Crippen molar-refractivity contribution in [2.75, 3.05) is 6.79 Å². The quantitative estimate of drug-likeness (QED) is 0.313. The lowest BCUT2D eigenvalue weighted by atomic mass is 10.1. The Morgan fingerprint density at radius 3 is 2.54 bits per heavy atom. The number of furan rings is 1. The van der Waals surface area contributed by atoms with Gasteiger partial charge in [-0.15, -0.1) is 0 Å². The summed E-state index contributed by atoms with van der Waals surface area (Å²) in [4.78, 5) is 12.9. The maximum absolute atomic E-state index is 12.9. The number of para-hydroxylation sites is 1. The van der Waals surface area contributed by atoms with E-state index in [-0.39, 0.29) is 25.1 Å². The van der Waals surface area contributed by atoms with Crippen LogP contribution in [0.15, 0.2) is 102 Å². The SMILES string of the molecule is O=C(NCc1cn(-c2ccccc2)nc1-c1ccccc1)c1ccc(COc2ccc3c(c2)OCO3)o1. The first-order chi connectivity index (χ1) is 18.2. The molecule has 5 aromatic rings. The van der Waals surface area contributed by atoms with Crippen molar-refractivity contribution in [3.8, 4) is 34.2 Å². The van der Waals surface area contributed by atoms with Crippen molar-refractivity contribution >= 4 is 5.91 Å². The largest absolute Gasteiger partial charge is 0.486 e. The summed E-state index contributed by atoms with van der Waals surface area (Å²) in [5.74, 6) is 2.37. The fraction of sp³-hybridized carbons (Fsp3) is 0.103. The molecule has 6 rings (SSSR count). The van der Waals surface area contributed by atoms with Crippen LogP contribution in [0, 0.1) is 0 Å². The molecule has 0 spiro atoms. The van der Waals surface area contributed by atoms with Crippen LogP contribution < -0.4 is 19.5 Å². The first kappa shape index (κ1) is 22.5. The van der Waals surface area contributed by atoms with E-state index < -0.39 is 0 Å². The fourth-order valence-electron chi connectivity index (χ4n) is 4.05. The summed E-state index contributed by atoms with van der Waals surface area (Å²) in [5.41, 5.74) is 3.61. The molecule has 0 unspecified atom stereocenters. The van der Waals surface area contributed by atoms with Gasteiger partial charge in [0.15, 0.2) is 17.3 Å². The van der Waals surface area contributed by atoms with Gasteiger partial charge in [0.1, 0.15) is 18.1 Å². The third kappa shape index (κ3) is 4.90. The lowest BCUT2D eigenvalue weighted by Gasteiger charge is -2.06. The molecule has 8 nitrogen and oxygen atoms in total. The molecule has 1 aliphatic rings. The molecule has 0 radical (unpaired) electrons. The third-order valence-electron chi connectivity index (χ3n) is 5.91. The molecular weight excluding hydrogens is 470 g/mol. The van der Waals surface area contributed by atoms with Gasteiger partial charge in [0.05, 0.1) is 11.4 Å². The van der Waals surface area contributed by atoms with Gasteiger partial charge in [0.2, 0.25) is 6.79 Å². The molecule has 184 valence electrons. The van der Waals surface area contributed by atoms with Gasteiger partial charge >= 0.3 is 0 Å². The highest BCUT2D eigenvalue weighted by atomic mass is 16.7. The number of fused-ring (bicyclic) bond motifs is 1. The molecule has 3 aromatic carbocycles. The van der Waals surface area contributed by atoms with E-state index in [9.17, 15) is 4.79 Å². The first-order valence-electron chi connectivity index (χ1n) is 11.8. The van der Waals surface area contributed by atoms with Crippen molar-refractivity contribution in [3.63, 3.8) is 0 Å². The zero-order valence-electron chi connectivity index (χ0n) is 19.8. The summed E-state index contributed by atoms with van der Waals surface area (Å²) in [6.07, 6.45) is 1.94. The van der Waals surface area contributed by atoms with E-state index in [1.807, 2.05) is 71.5 Å². The minimum atomic E-state index is -0.319. The maximum Gasteiger partial charge on any atom is 0.287 e. The van der Waals surface area contributed by atoms with E-state index in [1.54, 1.807) is 30.3 Å². The van der Waals surface area contributed by atoms with E-state index in [0.717, 1.165) is 22.5 Å². The van der Waals surface area contributed by atoms with Gasteiger partial charge in [-0.3, -0.25) is 4.79 Å². The number of carbonyl (C=O) groups is 1. The Bertz CT molecular complexity index is 1530. The molecule has 2 aromatic heterocycles. The van der Waals surface area contributed by atoms with Crippen molar-refractivity contribution in [1.29, 1.82) is 0 Å². The van der Waals surface area contributed by atoms with Crippen LogP contribution in [0.1, 0.15) is 21.9 Å². The van der Waals surface area contributed by atoms with Gasteiger partial charge in [-0.05, 0) is 36.4 Å². The lowest BCUT2D eigenvalue weighted by Crippen LogP contribution is -2.22. The number of carbonyl (C=O) groups excluding carboxylic acids is 1. The van der Waals surface area contributed by atoms with Crippen LogP contribution in [0.4, 0.5) is 0 Å². The fourth-order valence-corrected chi connectivity index (χ4v) is 4.05. The summed E-state index contributed by atoms with van der Waals surface area (Å²) < 4.78 is 24.0. The Kier molecular flexibility index (Phi) is 6.04. The number of rotatable bonds is 8. The Balaban J connectivity index is 1.13. The van der Waals surface area contributed by atoms with E-state index in [2.05, 4.69) is 5.32 Å². The number of nitrogens with zero attached hydrogens (tertiary/aromatic N) is 2. The van der Waals surface area contributed by atoms with Gasteiger partial charge in [-0.2, -0.15) is 5.10 Å². The third-order valence-corrected chi connectivity index (χ3v) is 5.91. The summed E-state index contributed by atoms with van der Waals surface area (Å²) >= 11 is 0. The summed E-state index contributed by atoms with van der Waals surface area (Å²) in [6, 6.07) is 28.5. The average Bonchev–Trinajstić information content (AvgIpc) is 3.71. The molecule has 0 aliphatic carbocycles. The van der Waals surface area contributed by atoms with Crippen molar-refractivity contribution < 1.29 is 23.4 Å². The molecular formula is C29H23N3O5. The lowest BCUT2D eigenvalue weighted by molar-refractivity contribution is 0.0919. The number of aromatic nitrogens is 2. The van der Waals surface area contributed by atoms with Gasteiger partial charge in [0.25, 0.3) is 5.91 Å². The monoisotopic (exact) mass is 493 g/mol. The van der Waals surface area contributed by atoms with Crippen molar-refractivity contribution in [3.05, 3.63) is 114 Å². The molecule has 0 saturated heterocycles.